The molecule has 0 aromatic carbocycles. The molecule has 0 aromatic rings. The summed E-state index contributed by atoms with van der Waals surface area (Å²) in [4.78, 5) is 0. The predicted molar refractivity (Wildman–Crippen MR) is 106 cm³/mol. The molecule has 0 spiro atoms. The standard InChI is InChI=1S/C21H36O11/c1-19(2)9-4-12(20(19,3)5-10(9)23)32-17-15(26)14(25)13(24)11(31-17)6-29-18-16(27)21(28,7-22)8-30-18/h9-18,22-28H,4-8H2,1-3H3/t9-,10+,11+,12-,13+,14-,15+,16-,17-,18-,20-,21+/m1/s1. The van der Waals surface area contributed by atoms with E-state index >= 15 is 0 Å². The Kier molecular flexibility index (Phi) is 6.44. The minimum absolute atomic E-state index is 0.0409. The molecule has 0 radical (unpaired) electrons. The number of aliphatic hydroxyl groups is 7. The molecule has 4 rings (SSSR count). The largest absolute Gasteiger partial charge is 0.393 e. The fraction of sp³-hybridized carbons (Fsp3) is 1.00. The smallest absolute Gasteiger partial charge is 0.186 e. The van der Waals surface area contributed by atoms with Crippen LogP contribution in [0.1, 0.15) is 33.6 Å². The van der Waals surface area contributed by atoms with E-state index in [2.05, 4.69) is 13.8 Å². The van der Waals surface area contributed by atoms with Crippen LogP contribution in [-0.2, 0) is 18.9 Å². The van der Waals surface area contributed by atoms with Gasteiger partial charge >= 0.3 is 0 Å². The van der Waals surface area contributed by atoms with Gasteiger partial charge in [0.1, 0.15) is 36.1 Å². The number of aliphatic hydroxyl groups excluding tert-OH is 6. The molecule has 2 heterocycles. The van der Waals surface area contributed by atoms with Crippen LogP contribution in [0.3, 0.4) is 0 Å². The van der Waals surface area contributed by atoms with Crippen molar-refractivity contribution in [3.63, 3.8) is 0 Å². The molecule has 7 N–H and O–H groups in total. The number of hydrogen-bond acceptors (Lipinski definition) is 11. The van der Waals surface area contributed by atoms with Crippen LogP contribution < -0.4 is 0 Å². The van der Waals surface area contributed by atoms with E-state index in [0.717, 1.165) is 0 Å². The zero-order valence-corrected chi connectivity index (χ0v) is 18.6. The van der Waals surface area contributed by atoms with Crippen LogP contribution in [0.2, 0.25) is 0 Å². The Hall–Kier alpha value is -0.440. The van der Waals surface area contributed by atoms with E-state index < -0.39 is 61.4 Å². The average molecular weight is 465 g/mol. The minimum atomic E-state index is -1.85. The van der Waals surface area contributed by atoms with E-state index in [1.165, 1.54) is 0 Å². The third-order valence-corrected chi connectivity index (χ3v) is 8.65. The van der Waals surface area contributed by atoms with Crippen LogP contribution in [0.5, 0.6) is 0 Å². The summed E-state index contributed by atoms with van der Waals surface area (Å²) in [5, 5.41) is 70.9. The molecule has 0 unspecified atom stereocenters. The number of rotatable bonds is 6. The number of fused-ring (bicyclic) bond motifs is 2. The Morgan fingerprint density at radius 3 is 2.19 bits per heavy atom. The highest BCUT2D eigenvalue weighted by molar-refractivity contribution is 5.14. The molecule has 2 aliphatic heterocycles. The Balaban J connectivity index is 1.40. The molecule has 4 fully saturated rings. The first-order chi connectivity index (χ1) is 14.9. The predicted octanol–water partition coefficient (Wildman–Crippen LogP) is -2.55. The third-order valence-electron chi connectivity index (χ3n) is 8.65. The summed E-state index contributed by atoms with van der Waals surface area (Å²) >= 11 is 0. The monoisotopic (exact) mass is 464 g/mol. The Bertz CT molecular complexity index is 691. The molecule has 186 valence electrons. The zero-order valence-electron chi connectivity index (χ0n) is 18.6. The average Bonchev–Trinajstić information content (AvgIpc) is 3.20. The van der Waals surface area contributed by atoms with Crippen LogP contribution in [0.25, 0.3) is 0 Å². The normalized spacial score (nSPS) is 54.9. The molecule has 32 heavy (non-hydrogen) atoms. The molecular weight excluding hydrogens is 428 g/mol. The molecule has 4 aliphatic rings. The summed E-state index contributed by atoms with van der Waals surface area (Å²) < 4.78 is 22.5. The van der Waals surface area contributed by atoms with Crippen LogP contribution in [0.15, 0.2) is 0 Å². The van der Waals surface area contributed by atoms with Gasteiger partial charge in [-0.1, -0.05) is 20.8 Å². The Morgan fingerprint density at radius 1 is 0.969 bits per heavy atom. The lowest BCUT2D eigenvalue weighted by Gasteiger charge is -2.45. The summed E-state index contributed by atoms with van der Waals surface area (Å²) in [7, 11) is 0. The molecule has 12 atom stereocenters. The van der Waals surface area contributed by atoms with E-state index in [-0.39, 0.29) is 36.1 Å². The lowest BCUT2D eigenvalue weighted by Crippen LogP contribution is -2.60. The van der Waals surface area contributed by atoms with Crippen molar-refractivity contribution in [1.29, 1.82) is 0 Å². The molecule has 0 aromatic heterocycles. The summed E-state index contributed by atoms with van der Waals surface area (Å²) in [5.41, 5.74) is -2.40. The minimum Gasteiger partial charge on any atom is -0.393 e. The summed E-state index contributed by atoms with van der Waals surface area (Å²) in [6.45, 7) is 4.83. The van der Waals surface area contributed by atoms with Crippen molar-refractivity contribution in [3.05, 3.63) is 0 Å². The van der Waals surface area contributed by atoms with Gasteiger partial charge in [0.25, 0.3) is 0 Å². The SMILES string of the molecule is CC1(C)[C@@H]2C[C@@H](O[C@H]3O[C@@H](CO[C@@H]4OC[C@@](O)(CO)[C@@H]4O)[C@H](O)[C@@H](O)[C@@H]3O)[C@@]1(C)C[C@@H]2O. The maximum Gasteiger partial charge on any atom is 0.186 e. The second-order valence-corrected chi connectivity index (χ2v) is 10.6. The molecular formula is C21H36O11. The highest BCUT2D eigenvalue weighted by Gasteiger charge is 2.66. The van der Waals surface area contributed by atoms with Crippen molar-refractivity contribution in [2.45, 2.75) is 94.5 Å². The first kappa shape index (κ1) is 24.7. The van der Waals surface area contributed by atoms with Crippen molar-refractivity contribution in [2.24, 2.45) is 16.7 Å². The second-order valence-electron chi connectivity index (χ2n) is 10.6. The Labute approximate surface area is 186 Å². The first-order valence-corrected chi connectivity index (χ1v) is 11.1. The molecule has 2 saturated heterocycles. The molecule has 11 heteroatoms. The van der Waals surface area contributed by atoms with Crippen molar-refractivity contribution in [2.75, 3.05) is 19.8 Å². The highest BCUT2D eigenvalue weighted by Crippen LogP contribution is 2.66. The van der Waals surface area contributed by atoms with Gasteiger partial charge in [-0.3, -0.25) is 0 Å². The van der Waals surface area contributed by atoms with Gasteiger partial charge in [-0.2, -0.15) is 0 Å². The van der Waals surface area contributed by atoms with Gasteiger partial charge in [0.05, 0.1) is 32.0 Å². The topological polar surface area (TPSA) is 179 Å². The van der Waals surface area contributed by atoms with Gasteiger partial charge in [0, 0.05) is 5.41 Å². The van der Waals surface area contributed by atoms with Gasteiger partial charge in [0.2, 0.25) is 0 Å². The summed E-state index contributed by atoms with van der Waals surface area (Å²) in [6, 6.07) is 0. The van der Waals surface area contributed by atoms with Gasteiger partial charge < -0.3 is 54.7 Å². The van der Waals surface area contributed by atoms with Crippen LogP contribution >= 0.6 is 0 Å². The van der Waals surface area contributed by atoms with E-state index in [0.29, 0.717) is 12.8 Å². The molecule has 0 amide bonds. The van der Waals surface area contributed by atoms with Gasteiger partial charge in [0.15, 0.2) is 12.6 Å². The lowest BCUT2D eigenvalue weighted by molar-refractivity contribution is -0.326. The van der Waals surface area contributed by atoms with Crippen molar-refractivity contribution < 1.29 is 54.7 Å². The third kappa shape index (κ3) is 3.62. The summed E-state index contributed by atoms with van der Waals surface area (Å²) in [5.74, 6) is 0.0409. The molecule has 2 bridgehead atoms. The van der Waals surface area contributed by atoms with E-state index in [1.807, 2.05) is 6.92 Å². The second kappa shape index (κ2) is 8.35. The van der Waals surface area contributed by atoms with Crippen molar-refractivity contribution >= 4 is 0 Å². The first-order valence-electron chi connectivity index (χ1n) is 11.1. The van der Waals surface area contributed by atoms with Gasteiger partial charge in [-0.05, 0) is 24.2 Å². The highest BCUT2D eigenvalue weighted by atomic mass is 16.7. The number of hydrogen-bond donors (Lipinski definition) is 7. The summed E-state index contributed by atoms with van der Waals surface area (Å²) in [6.07, 6.45) is -9.28. The van der Waals surface area contributed by atoms with Crippen LogP contribution in [0, 0.1) is 16.7 Å². The fourth-order valence-corrected chi connectivity index (χ4v) is 5.89. The molecule has 2 aliphatic carbocycles. The van der Waals surface area contributed by atoms with Crippen LogP contribution in [-0.4, -0.2) is 116 Å². The van der Waals surface area contributed by atoms with Crippen LogP contribution in [0.4, 0.5) is 0 Å². The fourth-order valence-electron chi connectivity index (χ4n) is 5.89. The molecule has 11 nitrogen and oxygen atoms in total. The van der Waals surface area contributed by atoms with Gasteiger partial charge in [-0.15, -0.1) is 0 Å². The lowest BCUT2D eigenvalue weighted by atomic mass is 9.70. The maximum absolute atomic E-state index is 10.5. The van der Waals surface area contributed by atoms with Gasteiger partial charge in [-0.25, -0.2) is 0 Å². The Morgan fingerprint density at radius 2 is 1.66 bits per heavy atom. The van der Waals surface area contributed by atoms with E-state index in [4.69, 9.17) is 18.9 Å². The van der Waals surface area contributed by atoms with Crippen molar-refractivity contribution in [1.82, 2.24) is 0 Å². The van der Waals surface area contributed by atoms with E-state index in [9.17, 15) is 35.7 Å². The van der Waals surface area contributed by atoms with Crippen molar-refractivity contribution in [3.8, 4) is 0 Å². The maximum atomic E-state index is 10.5. The quantitative estimate of drug-likeness (QED) is 0.220. The zero-order chi connectivity index (χ0) is 23.6. The number of ether oxygens (including phenoxy) is 4. The molecule has 2 saturated carbocycles. The van der Waals surface area contributed by atoms with E-state index in [1.54, 1.807) is 0 Å².